The zero-order valence-corrected chi connectivity index (χ0v) is 12.3. The van der Waals surface area contributed by atoms with E-state index in [0.717, 1.165) is 11.3 Å². The maximum absolute atomic E-state index is 5.77. The molecule has 3 N–H and O–H groups in total. The first-order valence-corrected chi connectivity index (χ1v) is 6.78. The fourth-order valence-corrected chi connectivity index (χ4v) is 2.01. The first kappa shape index (κ1) is 16.0. The van der Waals surface area contributed by atoms with Crippen molar-refractivity contribution in [1.82, 2.24) is 5.43 Å². The molecule has 4 heteroatoms. The van der Waals surface area contributed by atoms with Gasteiger partial charge in [-0.05, 0) is 17.9 Å². The summed E-state index contributed by atoms with van der Waals surface area (Å²) in [5.41, 5.74) is 4.02. The minimum absolute atomic E-state index is 0.0822. The Kier molecular flexibility index (Phi) is 6.84. The fourth-order valence-electron chi connectivity index (χ4n) is 2.01. The van der Waals surface area contributed by atoms with Crippen LogP contribution in [0.15, 0.2) is 24.3 Å². The zero-order chi connectivity index (χ0) is 14.3. The highest BCUT2D eigenvalue weighted by Gasteiger charge is 2.23. The third-order valence-electron chi connectivity index (χ3n) is 3.56. The van der Waals surface area contributed by atoms with Crippen molar-refractivity contribution < 1.29 is 9.47 Å². The third kappa shape index (κ3) is 4.49. The van der Waals surface area contributed by atoms with Gasteiger partial charge in [0.25, 0.3) is 0 Å². The minimum Gasteiger partial charge on any atom is -0.491 e. The van der Waals surface area contributed by atoms with Gasteiger partial charge in [-0.2, -0.15) is 0 Å². The van der Waals surface area contributed by atoms with E-state index < -0.39 is 0 Å². The molecule has 0 radical (unpaired) electrons. The largest absolute Gasteiger partial charge is 0.491 e. The average Bonchev–Trinajstić information content (AvgIpc) is 2.41. The van der Waals surface area contributed by atoms with Crippen molar-refractivity contribution in [3.8, 4) is 5.75 Å². The lowest BCUT2D eigenvalue weighted by molar-refractivity contribution is 0.144. The van der Waals surface area contributed by atoms with E-state index in [9.17, 15) is 0 Å². The van der Waals surface area contributed by atoms with E-state index in [1.54, 1.807) is 7.11 Å². The van der Waals surface area contributed by atoms with Crippen LogP contribution in [-0.4, -0.2) is 20.3 Å². The van der Waals surface area contributed by atoms with Gasteiger partial charge in [0.15, 0.2) is 0 Å². The summed E-state index contributed by atoms with van der Waals surface area (Å²) in [6, 6.07) is 8.10. The van der Waals surface area contributed by atoms with Gasteiger partial charge in [-0.3, -0.25) is 11.3 Å². The first-order valence-electron chi connectivity index (χ1n) is 6.78. The number of para-hydroxylation sites is 1. The summed E-state index contributed by atoms with van der Waals surface area (Å²) < 4.78 is 10.8. The Morgan fingerprint density at radius 3 is 2.42 bits per heavy atom. The van der Waals surface area contributed by atoms with E-state index in [0.29, 0.717) is 25.0 Å². The van der Waals surface area contributed by atoms with Gasteiger partial charge in [0.05, 0.1) is 12.6 Å². The van der Waals surface area contributed by atoms with Crippen LogP contribution in [0.3, 0.4) is 0 Å². The molecule has 0 saturated carbocycles. The molecular weight excluding hydrogens is 240 g/mol. The van der Waals surface area contributed by atoms with E-state index >= 15 is 0 Å². The molecule has 0 spiro atoms. The van der Waals surface area contributed by atoms with Crippen molar-refractivity contribution >= 4 is 0 Å². The predicted octanol–water partition coefficient (Wildman–Crippen LogP) is 2.51. The minimum atomic E-state index is 0.0822. The molecule has 0 heterocycles. The van der Waals surface area contributed by atoms with Crippen molar-refractivity contribution in [3.05, 3.63) is 29.8 Å². The third-order valence-corrected chi connectivity index (χ3v) is 3.56. The summed E-state index contributed by atoms with van der Waals surface area (Å²) >= 11 is 0. The van der Waals surface area contributed by atoms with Crippen LogP contribution >= 0.6 is 0 Å². The molecule has 0 aliphatic heterocycles. The van der Waals surface area contributed by atoms with Gasteiger partial charge >= 0.3 is 0 Å². The van der Waals surface area contributed by atoms with Gasteiger partial charge in [-0.15, -0.1) is 0 Å². The topological polar surface area (TPSA) is 56.5 Å². The Morgan fingerprint density at radius 1 is 1.16 bits per heavy atom. The second-order valence-corrected chi connectivity index (χ2v) is 5.13. The molecule has 4 nitrogen and oxygen atoms in total. The maximum atomic E-state index is 5.77. The number of hydrazine groups is 1. The van der Waals surface area contributed by atoms with Crippen molar-refractivity contribution in [2.75, 3.05) is 20.3 Å². The Labute approximate surface area is 116 Å². The molecule has 108 valence electrons. The van der Waals surface area contributed by atoms with Gasteiger partial charge in [0.1, 0.15) is 12.4 Å². The summed E-state index contributed by atoms with van der Waals surface area (Å²) in [4.78, 5) is 0. The summed E-state index contributed by atoms with van der Waals surface area (Å²) in [6.07, 6.45) is 0. The number of methoxy groups -OCH3 is 1. The van der Waals surface area contributed by atoms with E-state index in [1.807, 2.05) is 18.2 Å². The first-order chi connectivity index (χ1) is 9.11. The number of hydrogen-bond acceptors (Lipinski definition) is 4. The van der Waals surface area contributed by atoms with E-state index in [1.165, 1.54) is 0 Å². The average molecular weight is 266 g/mol. The van der Waals surface area contributed by atoms with Gasteiger partial charge in [0, 0.05) is 12.7 Å². The molecular formula is C15H26N2O2. The van der Waals surface area contributed by atoms with E-state index in [-0.39, 0.29) is 6.04 Å². The summed E-state index contributed by atoms with van der Waals surface area (Å²) in [6.45, 7) is 7.71. The Balaban J connectivity index is 2.90. The van der Waals surface area contributed by atoms with Crippen LogP contribution in [0.1, 0.15) is 32.4 Å². The molecule has 0 fully saturated rings. The smallest absolute Gasteiger partial charge is 0.124 e. The molecule has 0 bridgehead atoms. The van der Waals surface area contributed by atoms with Crippen molar-refractivity contribution in [2.45, 2.75) is 26.8 Å². The lowest BCUT2D eigenvalue weighted by Gasteiger charge is -2.28. The predicted molar refractivity (Wildman–Crippen MR) is 77.9 cm³/mol. The normalized spacial score (nSPS) is 14.4. The molecule has 0 saturated heterocycles. The van der Waals surface area contributed by atoms with Gasteiger partial charge < -0.3 is 9.47 Å². The molecule has 0 amide bonds. The van der Waals surface area contributed by atoms with Gasteiger partial charge in [-0.1, -0.05) is 39.0 Å². The number of benzene rings is 1. The van der Waals surface area contributed by atoms with Gasteiger partial charge in [0.2, 0.25) is 0 Å². The number of nitrogens with one attached hydrogen (secondary N) is 1. The number of nitrogens with two attached hydrogens (primary N) is 1. The summed E-state index contributed by atoms with van der Waals surface area (Å²) in [7, 11) is 1.67. The van der Waals surface area contributed by atoms with Gasteiger partial charge in [-0.25, -0.2) is 0 Å². The Bertz CT molecular complexity index is 369. The molecule has 19 heavy (non-hydrogen) atoms. The monoisotopic (exact) mass is 266 g/mol. The quantitative estimate of drug-likeness (QED) is 0.431. The van der Waals surface area contributed by atoms with E-state index in [2.05, 4.69) is 32.3 Å². The van der Waals surface area contributed by atoms with E-state index in [4.69, 9.17) is 15.3 Å². The lowest BCUT2D eigenvalue weighted by atomic mass is 9.86. The SMILES string of the molecule is COCCOc1ccccc1C(NN)C(C)C(C)C. The number of hydrogen-bond donors (Lipinski definition) is 2. The van der Waals surface area contributed by atoms with Crippen LogP contribution in [0.25, 0.3) is 0 Å². The fraction of sp³-hybridized carbons (Fsp3) is 0.600. The lowest BCUT2D eigenvalue weighted by Crippen LogP contribution is -2.34. The van der Waals surface area contributed by atoms with Crippen LogP contribution in [0.2, 0.25) is 0 Å². The van der Waals surface area contributed by atoms with Crippen molar-refractivity contribution in [1.29, 1.82) is 0 Å². The number of ether oxygens (including phenoxy) is 2. The van der Waals surface area contributed by atoms with Crippen LogP contribution < -0.4 is 16.0 Å². The highest BCUT2D eigenvalue weighted by molar-refractivity contribution is 5.36. The molecule has 0 aromatic heterocycles. The molecule has 2 atom stereocenters. The maximum Gasteiger partial charge on any atom is 0.124 e. The number of rotatable bonds is 8. The molecule has 0 aliphatic rings. The van der Waals surface area contributed by atoms with Crippen LogP contribution in [-0.2, 0) is 4.74 Å². The Hall–Kier alpha value is -1.10. The second kappa shape index (κ2) is 8.15. The molecule has 1 aromatic carbocycles. The van der Waals surface area contributed by atoms with Crippen molar-refractivity contribution in [2.24, 2.45) is 17.7 Å². The summed E-state index contributed by atoms with van der Waals surface area (Å²) in [5.74, 6) is 7.56. The van der Waals surface area contributed by atoms with Crippen LogP contribution in [0.5, 0.6) is 5.75 Å². The molecule has 0 aliphatic carbocycles. The summed E-state index contributed by atoms with van der Waals surface area (Å²) in [5, 5.41) is 0. The molecule has 1 aromatic rings. The highest BCUT2D eigenvalue weighted by Crippen LogP contribution is 2.32. The highest BCUT2D eigenvalue weighted by atomic mass is 16.5. The molecule has 1 rings (SSSR count). The second-order valence-electron chi connectivity index (χ2n) is 5.13. The van der Waals surface area contributed by atoms with Crippen molar-refractivity contribution in [3.63, 3.8) is 0 Å². The van der Waals surface area contributed by atoms with Crippen LogP contribution in [0.4, 0.5) is 0 Å². The Morgan fingerprint density at radius 2 is 1.84 bits per heavy atom. The standard InChI is InChI=1S/C15H26N2O2/c1-11(2)12(3)15(17-16)13-7-5-6-8-14(13)19-10-9-18-4/h5-8,11-12,15,17H,9-10,16H2,1-4H3. The molecule has 2 unspecified atom stereocenters. The zero-order valence-electron chi connectivity index (χ0n) is 12.3. The van der Waals surface area contributed by atoms with Crippen LogP contribution in [0, 0.1) is 11.8 Å².